The summed E-state index contributed by atoms with van der Waals surface area (Å²) in [5, 5.41) is 6.31. The molecular weight excluding hydrogens is 367 g/mol. The van der Waals surface area contributed by atoms with Crippen LogP contribution in [-0.2, 0) is 0 Å². The summed E-state index contributed by atoms with van der Waals surface area (Å²) in [6, 6.07) is 8.39. The van der Waals surface area contributed by atoms with E-state index in [4.69, 9.17) is 4.74 Å². The predicted octanol–water partition coefficient (Wildman–Crippen LogP) is 1.71. The summed E-state index contributed by atoms with van der Waals surface area (Å²) in [6.07, 6.45) is 0. The highest BCUT2D eigenvalue weighted by molar-refractivity contribution is 14.0. The first-order valence-corrected chi connectivity index (χ1v) is 6.31. The second-order valence-electron chi connectivity index (χ2n) is 4.46. The van der Waals surface area contributed by atoms with Gasteiger partial charge in [0.1, 0.15) is 5.75 Å². The van der Waals surface area contributed by atoms with Crippen LogP contribution in [0.25, 0.3) is 0 Å². The second kappa shape index (κ2) is 9.82. The first-order valence-electron chi connectivity index (χ1n) is 6.31. The van der Waals surface area contributed by atoms with Gasteiger partial charge in [-0.2, -0.15) is 0 Å². The minimum absolute atomic E-state index is 0. The van der Waals surface area contributed by atoms with Crippen molar-refractivity contribution in [2.75, 3.05) is 41.8 Å². The quantitative estimate of drug-likeness (QED) is 0.455. The average Bonchev–Trinajstić information content (AvgIpc) is 2.43. The van der Waals surface area contributed by atoms with Gasteiger partial charge >= 0.3 is 0 Å². The lowest BCUT2D eigenvalue weighted by Gasteiger charge is -2.26. The van der Waals surface area contributed by atoms with Crippen LogP contribution in [-0.4, -0.2) is 52.7 Å². The van der Waals surface area contributed by atoms with Gasteiger partial charge in [0.2, 0.25) is 0 Å². The lowest BCUT2D eigenvalue weighted by atomic mass is 10.1. The number of hydrogen-bond donors (Lipinski definition) is 2. The molecule has 0 aliphatic rings. The summed E-state index contributed by atoms with van der Waals surface area (Å²) in [5.74, 6) is 1.66. The largest absolute Gasteiger partial charge is 0.497 e. The predicted molar refractivity (Wildman–Crippen MR) is 95.3 cm³/mol. The number of nitrogens with one attached hydrogen (secondary N) is 2. The van der Waals surface area contributed by atoms with E-state index in [0.717, 1.165) is 18.3 Å². The summed E-state index contributed by atoms with van der Waals surface area (Å²) in [7, 11) is 9.42. The van der Waals surface area contributed by atoms with Gasteiger partial charge in [-0.25, -0.2) is 0 Å². The molecule has 0 fully saturated rings. The number of nitrogens with zero attached hydrogens (tertiary/aromatic N) is 2. The number of rotatable bonds is 5. The molecule has 0 aliphatic carbocycles. The molecule has 0 saturated heterocycles. The Labute approximate surface area is 138 Å². The van der Waals surface area contributed by atoms with Crippen LogP contribution in [0.2, 0.25) is 0 Å². The van der Waals surface area contributed by atoms with Gasteiger partial charge < -0.3 is 20.3 Å². The van der Waals surface area contributed by atoms with Gasteiger partial charge in [-0.15, -0.1) is 24.0 Å². The second-order valence-corrected chi connectivity index (χ2v) is 4.46. The Bertz CT molecular complexity index is 423. The van der Waals surface area contributed by atoms with Crippen LogP contribution in [0.4, 0.5) is 0 Å². The average molecular weight is 392 g/mol. The zero-order valence-corrected chi connectivity index (χ0v) is 15.1. The Morgan fingerprint density at radius 2 is 2.10 bits per heavy atom. The van der Waals surface area contributed by atoms with E-state index in [1.165, 1.54) is 5.56 Å². The smallest absolute Gasteiger partial charge is 0.190 e. The van der Waals surface area contributed by atoms with Crippen molar-refractivity contribution in [3.63, 3.8) is 0 Å². The fourth-order valence-corrected chi connectivity index (χ4v) is 1.92. The minimum atomic E-state index is 0. The molecule has 0 bridgehead atoms. The molecule has 0 aliphatic heterocycles. The van der Waals surface area contributed by atoms with Crippen LogP contribution in [0.1, 0.15) is 11.6 Å². The topological polar surface area (TPSA) is 48.9 Å². The molecule has 5 nitrogen and oxygen atoms in total. The third kappa shape index (κ3) is 5.54. The summed E-state index contributed by atoms with van der Waals surface area (Å²) in [6.45, 7) is 0.772. The monoisotopic (exact) mass is 392 g/mol. The van der Waals surface area contributed by atoms with Gasteiger partial charge in [0.15, 0.2) is 5.96 Å². The van der Waals surface area contributed by atoms with Gasteiger partial charge in [0.25, 0.3) is 0 Å². The fraction of sp³-hybridized carbons (Fsp3) is 0.500. The van der Waals surface area contributed by atoms with Gasteiger partial charge in [0, 0.05) is 20.6 Å². The van der Waals surface area contributed by atoms with E-state index >= 15 is 0 Å². The van der Waals surface area contributed by atoms with Gasteiger partial charge in [-0.05, 0) is 31.8 Å². The molecule has 0 heterocycles. The van der Waals surface area contributed by atoms with E-state index in [9.17, 15) is 0 Å². The number of aliphatic imine (C=N–C) groups is 1. The molecule has 114 valence electrons. The number of likely N-dealkylation sites (N-methyl/N-ethyl adjacent to an activating group) is 1. The van der Waals surface area contributed by atoms with Crippen molar-refractivity contribution in [3.05, 3.63) is 29.8 Å². The van der Waals surface area contributed by atoms with Crippen LogP contribution in [0.5, 0.6) is 5.75 Å². The molecule has 0 amide bonds. The standard InChI is InChI=1S/C14H24N4O.HI/c1-15-14(16-2)17-10-13(18(3)4)11-7-6-8-12(9-11)19-5;/h6-9,13H,10H2,1-5H3,(H2,15,16,17);1H. The molecule has 1 aromatic carbocycles. The summed E-state index contributed by atoms with van der Waals surface area (Å²) in [5.41, 5.74) is 1.21. The van der Waals surface area contributed by atoms with Crippen LogP contribution in [0.3, 0.4) is 0 Å². The van der Waals surface area contributed by atoms with Crippen molar-refractivity contribution < 1.29 is 4.74 Å². The molecule has 1 aromatic rings. The van der Waals surface area contributed by atoms with Crippen LogP contribution < -0.4 is 15.4 Å². The van der Waals surface area contributed by atoms with Crippen molar-refractivity contribution >= 4 is 29.9 Å². The minimum Gasteiger partial charge on any atom is -0.497 e. The van der Waals surface area contributed by atoms with Gasteiger partial charge in [-0.1, -0.05) is 12.1 Å². The van der Waals surface area contributed by atoms with Crippen molar-refractivity contribution in [3.8, 4) is 5.75 Å². The maximum atomic E-state index is 5.28. The number of hydrogen-bond acceptors (Lipinski definition) is 3. The molecule has 0 spiro atoms. The van der Waals surface area contributed by atoms with E-state index < -0.39 is 0 Å². The fourth-order valence-electron chi connectivity index (χ4n) is 1.92. The first-order chi connectivity index (χ1) is 9.12. The van der Waals surface area contributed by atoms with Crippen LogP contribution in [0.15, 0.2) is 29.3 Å². The van der Waals surface area contributed by atoms with Gasteiger partial charge in [0.05, 0.1) is 13.2 Å². The molecule has 1 rings (SSSR count). The molecule has 20 heavy (non-hydrogen) atoms. The van der Waals surface area contributed by atoms with E-state index in [1.54, 1.807) is 14.2 Å². The zero-order valence-electron chi connectivity index (χ0n) is 12.8. The third-order valence-electron chi connectivity index (χ3n) is 3.03. The number of methoxy groups -OCH3 is 1. The molecular formula is C14H25IN4O. The lowest BCUT2D eigenvalue weighted by molar-refractivity contribution is 0.297. The Morgan fingerprint density at radius 3 is 2.60 bits per heavy atom. The van der Waals surface area contributed by atoms with Crippen LogP contribution in [0, 0.1) is 0 Å². The molecule has 0 aromatic heterocycles. The highest BCUT2D eigenvalue weighted by Gasteiger charge is 2.15. The van der Waals surface area contributed by atoms with E-state index in [0.29, 0.717) is 0 Å². The molecule has 6 heteroatoms. The Morgan fingerprint density at radius 1 is 1.40 bits per heavy atom. The van der Waals surface area contributed by atoms with Gasteiger partial charge in [-0.3, -0.25) is 4.99 Å². The van der Waals surface area contributed by atoms with Crippen molar-refractivity contribution in [2.45, 2.75) is 6.04 Å². The Hall–Kier alpha value is -1.02. The molecule has 1 unspecified atom stereocenters. The Balaban J connectivity index is 0.00000361. The summed E-state index contributed by atoms with van der Waals surface area (Å²) >= 11 is 0. The molecule has 2 N–H and O–H groups in total. The van der Waals surface area contributed by atoms with E-state index in [-0.39, 0.29) is 30.0 Å². The number of halogens is 1. The molecule has 0 radical (unpaired) electrons. The SMILES string of the molecule is CN=C(NC)NCC(c1cccc(OC)c1)N(C)C.I. The van der Waals surface area contributed by atoms with E-state index in [1.807, 2.05) is 19.2 Å². The van der Waals surface area contributed by atoms with Crippen molar-refractivity contribution in [1.29, 1.82) is 0 Å². The summed E-state index contributed by atoms with van der Waals surface area (Å²) < 4.78 is 5.28. The number of ether oxygens (including phenoxy) is 1. The molecule has 1 atom stereocenters. The third-order valence-corrected chi connectivity index (χ3v) is 3.03. The normalized spacial score (nSPS) is 12.6. The Kier molecular flexibility index (Phi) is 9.32. The summed E-state index contributed by atoms with van der Waals surface area (Å²) in [4.78, 5) is 6.29. The highest BCUT2D eigenvalue weighted by Crippen LogP contribution is 2.21. The maximum Gasteiger partial charge on any atom is 0.190 e. The maximum absolute atomic E-state index is 5.28. The lowest BCUT2D eigenvalue weighted by Crippen LogP contribution is -2.40. The van der Waals surface area contributed by atoms with Crippen LogP contribution >= 0.6 is 24.0 Å². The zero-order chi connectivity index (χ0) is 14.3. The van der Waals surface area contributed by atoms with Crippen molar-refractivity contribution in [1.82, 2.24) is 15.5 Å². The van der Waals surface area contributed by atoms with Crippen molar-refractivity contribution in [2.24, 2.45) is 4.99 Å². The van der Waals surface area contributed by atoms with E-state index in [2.05, 4.69) is 46.8 Å². The molecule has 0 saturated carbocycles. The number of guanidine groups is 1. The highest BCUT2D eigenvalue weighted by atomic mass is 127. The number of benzene rings is 1. The first kappa shape index (κ1) is 19.0.